The van der Waals surface area contributed by atoms with Crippen LogP contribution in [-0.4, -0.2) is 6.61 Å². The second-order valence-corrected chi connectivity index (χ2v) is 3.55. The van der Waals surface area contributed by atoms with Gasteiger partial charge in [0.1, 0.15) is 5.75 Å². The molecule has 0 saturated heterocycles. The van der Waals surface area contributed by atoms with Gasteiger partial charge in [0.2, 0.25) is 0 Å². The van der Waals surface area contributed by atoms with E-state index in [1.165, 1.54) is 6.07 Å². The van der Waals surface area contributed by atoms with Gasteiger partial charge in [0, 0.05) is 0 Å². The summed E-state index contributed by atoms with van der Waals surface area (Å²) in [6.07, 6.45) is 0.844. The summed E-state index contributed by atoms with van der Waals surface area (Å²) in [4.78, 5) is 0. The number of hydrogen-bond donors (Lipinski definition) is 0. The van der Waals surface area contributed by atoms with Crippen LogP contribution in [0.1, 0.15) is 19.4 Å². The van der Waals surface area contributed by atoms with E-state index in [1.54, 1.807) is 12.1 Å². The summed E-state index contributed by atoms with van der Waals surface area (Å²) in [5, 5.41) is 0. The molecule has 0 aliphatic heterocycles. The number of alkyl halides is 2. The molecule has 0 amide bonds. The molecule has 0 spiro atoms. The summed E-state index contributed by atoms with van der Waals surface area (Å²) in [5.74, 6) is 0.670. The van der Waals surface area contributed by atoms with Gasteiger partial charge in [-0.15, -0.1) is 0 Å². The first-order valence-electron chi connectivity index (χ1n) is 4.52. The molecule has 1 aromatic rings. The van der Waals surface area contributed by atoms with E-state index in [0.29, 0.717) is 5.92 Å². The molecule has 1 nitrogen and oxygen atoms in total. The normalized spacial score (nSPS) is 11.0. The van der Waals surface area contributed by atoms with Crippen LogP contribution in [0.25, 0.3) is 0 Å². The summed E-state index contributed by atoms with van der Waals surface area (Å²) >= 11 is 0. The third-order valence-electron chi connectivity index (χ3n) is 1.69. The molecule has 0 unspecified atom stereocenters. The lowest BCUT2D eigenvalue weighted by atomic mass is 10.0. The van der Waals surface area contributed by atoms with Crippen molar-refractivity contribution in [2.45, 2.75) is 26.9 Å². The molecule has 3 heteroatoms. The molecule has 0 N–H and O–H groups in total. The van der Waals surface area contributed by atoms with Crippen molar-refractivity contribution in [3.05, 3.63) is 29.8 Å². The van der Waals surface area contributed by atoms with Crippen LogP contribution in [0, 0.1) is 12.0 Å². The molecule has 1 aromatic carbocycles. The highest BCUT2D eigenvalue weighted by Crippen LogP contribution is 2.17. The Morgan fingerprint density at radius 1 is 1.36 bits per heavy atom. The Hall–Kier alpha value is -1.12. The quantitative estimate of drug-likeness (QED) is 0.723. The van der Waals surface area contributed by atoms with E-state index in [1.807, 2.05) is 0 Å². The number of hydrogen-bond acceptors (Lipinski definition) is 1. The zero-order valence-corrected chi connectivity index (χ0v) is 8.26. The molecule has 0 aliphatic rings. The third kappa shape index (κ3) is 3.73. The summed E-state index contributed by atoms with van der Waals surface area (Å²) in [6.45, 7) is 1.37. The van der Waals surface area contributed by atoms with Gasteiger partial charge in [0.25, 0.3) is 0 Å². The molecule has 0 aliphatic carbocycles. The van der Waals surface area contributed by atoms with Crippen LogP contribution < -0.4 is 4.74 Å². The molecule has 0 saturated carbocycles. The topological polar surface area (TPSA) is 9.23 Å². The lowest BCUT2D eigenvalue weighted by molar-refractivity contribution is -0.0498. The van der Waals surface area contributed by atoms with Crippen molar-refractivity contribution in [1.82, 2.24) is 0 Å². The van der Waals surface area contributed by atoms with Crippen molar-refractivity contribution < 1.29 is 13.5 Å². The van der Waals surface area contributed by atoms with Crippen molar-refractivity contribution in [1.29, 1.82) is 0 Å². The van der Waals surface area contributed by atoms with Gasteiger partial charge in [0.15, 0.2) is 0 Å². The van der Waals surface area contributed by atoms with Crippen LogP contribution in [0.2, 0.25) is 0 Å². The zero-order chi connectivity index (χ0) is 10.6. The van der Waals surface area contributed by atoms with E-state index in [2.05, 4.69) is 24.7 Å². The van der Waals surface area contributed by atoms with Crippen molar-refractivity contribution in [2.75, 3.05) is 0 Å². The van der Waals surface area contributed by atoms with E-state index < -0.39 is 6.61 Å². The zero-order valence-electron chi connectivity index (χ0n) is 8.26. The number of ether oxygens (including phenoxy) is 1. The average Bonchev–Trinajstić information content (AvgIpc) is 2.01. The molecule has 1 radical (unpaired) electrons. The lowest BCUT2D eigenvalue weighted by Crippen LogP contribution is -2.02. The third-order valence-corrected chi connectivity index (χ3v) is 1.69. The molecule has 14 heavy (non-hydrogen) atoms. The van der Waals surface area contributed by atoms with Crippen LogP contribution in [0.3, 0.4) is 0 Å². The maximum absolute atomic E-state index is 11.9. The Labute approximate surface area is 82.7 Å². The summed E-state index contributed by atoms with van der Waals surface area (Å²) in [7, 11) is 0. The first-order valence-corrected chi connectivity index (χ1v) is 4.52. The van der Waals surface area contributed by atoms with Crippen molar-refractivity contribution >= 4 is 0 Å². The van der Waals surface area contributed by atoms with E-state index >= 15 is 0 Å². The minimum atomic E-state index is -2.77. The molecule has 0 aromatic heterocycles. The number of halogens is 2. The van der Waals surface area contributed by atoms with Gasteiger partial charge in [-0.3, -0.25) is 0 Å². The summed E-state index contributed by atoms with van der Waals surface area (Å²) < 4.78 is 28.0. The number of benzene rings is 1. The van der Waals surface area contributed by atoms with Crippen LogP contribution in [0.4, 0.5) is 8.78 Å². The SMILES string of the molecule is CC(C)Cc1c[c]cc(OC(F)F)c1. The van der Waals surface area contributed by atoms with E-state index in [-0.39, 0.29) is 5.75 Å². The van der Waals surface area contributed by atoms with Crippen LogP contribution in [-0.2, 0) is 6.42 Å². The Morgan fingerprint density at radius 3 is 2.64 bits per heavy atom. The maximum atomic E-state index is 11.9. The van der Waals surface area contributed by atoms with Gasteiger partial charge >= 0.3 is 6.61 Å². The van der Waals surface area contributed by atoms with E-state index in [4.69, 9.17) is 0 Å². The Balaban J connectivity index is 2.68. The van der Waals surface area contributed by atoms with Crippen LogP contribution in [0.15, 0.2) is 18.2 Å². The molecule has 1 rings (SSSR count). The van der Waals surface area contributed by atoms with Crippen LogP contribution in [0.5, 0.6) is 5.75 Å². The highest BCUT2D eigenvalue weighted by Gasteiger charge is 2.05. The molecular formula is C11H13F2O. The Bertz CT molecular complexity index is 259. The predicted molar refractivity (Wildman–Crippen MR) is 50.5 cm³/mol. The van der Waals surface area contributed by atoms with Gasteiger partial charge in [-0.1, -0.05) is 19.9 Å². The fourth-order valence-corrected chi connectivity index (χ4v) is 1.26. The van der Waals surface area contributed by atoms with Crippen LogP contribution >= 0.6 is 0 Å². The molecule has 77 valence electrons. The Kier molecular flexibility index (Phi) is 3.86. The van der Waals surface area contributed by atoms with Crippen molar-refractivity contribution in [2.24, 2.45) is 5.92 Å². The largest absolute Gasteiger partial charge is 0.435 e. The minimum absolute atomic E-state index is 0.179. The van der Waals surface area contributed by atoms with Crippen molar-refractivity contribution in [3.8, 4) is 5.75 Å². The molecule has 0 fully saturated rings. The second kappa shape index (κ2) is 4.94. The predicted octanol–water partition coefficient (Wildman–Crippen LogP) is 3.29. The van der Waals surface area contributed by atoms with E-state index in [0.717, 1.165) is 12.0 Å². The Morgan fingerprint density at radius 2 is 2.07 bits per heavy atom. The summed E-state index contributed by atoms with van der Waals surface area (Å²) in [5.41, 5.74) is 0.971. The van der Waals surface area contributed by atoms with E-state index in [9.17, 15) is 8.78 Å². The second-order valence-electron chi connectivity index (χ2n) is 3.55. The average molecular weight is 199 g/mol. The molecular weight excluding hydrogens is 186 g/mol. The minimum Gasteiger partial charge on any atom is -0.435 e. The number of rotatable bonds is 4. The fourth-order valence-electron chi connectivity index (χ4n) is 1.26. The monoisotopic (exact) mass is 199 g/mol. The van der Waals surface area contributed by atoms with Gasteiger partial charge in [-0.05, 0) is 36.1 Å². The molecule has 0 heterocycles. The van der Waals surface area contributed by atoms with Gasteiger partial charge in [0.05, 0.1) is 0 Å². The smallest absolute Gasteiger partial charge is 0.387 e. The molecule has 0 bridgehead atoms. The first kappa shape index (κ1) is 11.0. The van der Waals surface area contributed by atoms with Crippen molar-refractivity contribution in [3.63, 3.8) is 0 Å². The first-order chi connectivity index (χ1) is 6.58. The molecule has 0 atom stereocenters. The van der Waals surface area contributed by atoms with Gasteiger partial charge in [-0.25, -0.2) is 0 Å². The highest BCUT2D eigenvalue weighted by atomic mass is 19.3. The highest BCUT2D eigenvalue weighted by molar-refractivity contribution is 5.27. The fraction of sp³-hybridized carbons (Fsp3) is 0.455. The summed E-state index contributed by atoms with van der Waals surface area (Å²) in [6, 6.07) is 7.61. The maximum Gasteiger partial charge on any atom is 0.387 e. The van der Waals surface area contributed by atoms with Gasteiger partial charge < -0.3 is 4.74 Å². The lowest BCUT2D eigenvalue weighted by Gasteiger charge is -2.07. The standard InChI is InChI=1S/C11H13F2O/c1-8(2)6-9-4-3-5-10(7-9)14-11(12)13/h4-5,7-8,11H,6H2,1-2H3. The van der Waals surface area contributed by atoms with Gasteiger partial charge in [-0.2, -0.15) is 8.78 Å².